The SMILES string of the molecule is CCOc1ccccc1/C=N/Nc1nc2ccccc2s1. The van der Waals surface area contributed by atoms with Crippen LogP contribution >= 0.6 is 11.3 Å². The van der Waals surface area contributed by atoms with Crippen LogP contribution in [0.2, 0.25) is 0 Å². The Bertz CT molecular complexity index is 734. The molecule has 3 rings (SSSR count). The number of ether oxygens (including phenoxy) is 1. The second-order valence-electron chi connectivity index (χ2n) is 4.33. The molecule has 2 aromatic carbocycles. The first-order chi connectivity index (χ1) is 10.4. The second-order valence-corrected chi connectivity index (χ2v) is 5.36. The highest BCUT2D eigenvalue weighted by Crippen LogP contribution is 2.25. The molecule has 0 atom stereocenters. The Morgan fingerprint density at radius 1 is 1.19 bits per heavy atom. The number of anilines is 1. The zero-order valence-corrected chi connectivity index (χ0v) is 12.4. The maximum absolute atomic E-state index is 5.56. The summed E-state index contributed by atoms with van der Waals surface area (Å²) in [6.45, 7) is 2.60. The van der Waals surface area contributed by atoms with Crippen LogP contribution in [-0.4, -0.2) is 17.8 Å². The van der Waals surface area contributed by atoms with Gasteiger partial charge in [-0.3, -0.25) is 5.43 Å². The number of nitrogens with zero attached hydrogens (tertiary/aromatic N) is 2. The van der Waals surface area contributed by atoms with Gasteiger partial charge < -0.3 is 4.74 Å². The van der Waals surface area contributed by atoms with Crippen LogP contribution in [-0.2, 0) is 0 Å². The smallest absolute Gasteiger partial charge is 0.204 e. The fourth-order valence-electron chi connectivity index (χ4n) is 1.95. The van der Waals surface area contributed by atoms with Gasteiger partial charge in [0.1, 0.15) is 5.75 Å². The molecule has 0 saturated heterocycles. The molecule has 21 heavy (non-hydrogen) atoms. The molecule has 1 heterocycles. The molecule has 0 aliphatic heterocycles. The summed E-state index contributed by atoms with van der Waals surface area (Å²) in [6, 6.07) is 15.8. The highest BCUT2D eigenvalue weighted by Gasteiger charge is 2.02. The lowest BCUT2D eigenvalue weighted by molar-refractivity contribution is 0.340. The normalized spacial score (nSPS) is 11.1. The fourth-order valence-corrected chi connectivity index (χ4v) is 2.77. The van der Waals surface area contributed by atoms with Gasteiger partial charge in [-0.15, -0.1) is 0 Å². The molecule has 0 spiro atoms. The molecule has 5 heteroatoms. The Morgan fingerprint density at radius 2 is 2.00 bits per heavy atom. The molecule has 0 amide bonds. The lowest BCUT2D eigenvalue weighted by Gasteiger charge is -2.05. The van der Waals surface area contributed by atoms with E-state index in [1.807, 2.05) is 55.5 Å². The number of thiazole rings is 1. The monoisotopic (exact) mass is 297 g/mol. The molecule has 106 valence electrons. The molecule has 0 unspecified atom stereocenters. The highest BCUT2D eigenvalue weighted by molar-refractivity contribution is 7.22. The summed E-state index contributed by atoms with van der Waals surface area (Å²) < 4.78 is 6.70. The average Bonchev–Trinajstić information content (AvgIpc) is 2.92. The third kappa shape index (κ3) is 3.20. The van der Waals surface area contributed by atoms with E-state index in [9.17, 15) is 0 Å². The van der Waals surface area contributed by atoms with E-state index in [-0.39, 0.29) is 0 Å². The van der Waals surface area contributed by atoms with E-state index in [1.165, 1.54) is 0 Å². The topological polar surface area (TPSA) is 46.5 Å². The predicted molar refractivity (Wildman–Crippen MR) is 88.4 cm³/mol. The minimum Gasteiger partial charge on any atom is -0.493 e. The molecule has 0 radical (unpaired) electrons. The van der Waals surface area contributed by atoms with E-state index < -0.39 is 0 Å². The molecular weight excluding hydrogens is 282 g/mol. The van der Waals surface area contributed by atoms with Crippen molar-refractivity contribution in [1.82, 2.24) is 4.98 Å². The van der Waals surface area contributed by atoms with Crippen LogP contribution in [0.15, 0.2) is 53.6 Å². The summed E-state index contributed by atoms with van der Waals surface area (Å²) in [5.74, 6) is 0.829. The first kappa shape index (κ1) is 13.6. The van der Waals surface area contributed by atoms with Crippen molar-refractivity contribution in [1.29, 1.82) is 0 Å². The molecule has 1 aromatic heterocycles. The first-order valence-corrected chi connectivity index (χ1v) is 7.55. The lowest BCUT2D eigenvalue weighted by atomic mass is 10.2. The van der Waals surface area contributed by atoms with Crippen LogP contribution in [0.5, 0.6) is 5.75 Å². The van der Waals surface area contributed by atoms with Gasteiger partial charge in [-0.1, -0.05) is 35.6 Å². The molecule has 0 saturated carbocycles. The van der Waals surface area contributed by atoms with E-state index in [4.69, 9.17) is 4.74 Å². The average molecular weight is 297 g/mol. The van der Waals surface area contributed by atoms with Gasteiger partial charge in [-0.05, 0) is 31.2 Å². The van der Waals surface area contributed by atoms with Crippen molar-refractivity contribution in [3.63, 3.8) is 0 Å². The number of aromatic nitrogens is 1. The summed E-state index contributed by atoms with van der Waals surface area (Å²) >= 11 is 1.58. The van der Waals surface area contributed by atoms with E-state index >= 15 is 0 Å². The third-order valence-corrected chi connectivity index (χ3v) is 3.82. The Balaban J connectivity index is 1.74. The number of fused-ring (bicyclic) bond motifs is 1. The lowest BCUT2D eigenvalue weighted by Crippen LogP contribution is -1.97. The fraction of sp³-hybridized carbons (Fsp3) is 0.125. The Labute approximate surface area is 127 Å². The standard InChI is InChI=1S/C16H15N3OS/c1-2-20-14-9-5-3-7-12(14)11-17-19-16-18-13-8-4-6-10-15(13)21-16/h3-11H,2H2,1H3,(H,18,19)/b17-11+. The van der Waals surface area contributed by atoms with Crippen LogP contribution in [0, 0.1) is 0 Å². The van der Waals surface area contributed by atoms with Crippen molar-refractivity contribution in [2.24, 2.45) is 5.10 Å². The number of rotatable bonds is 5. The maximum Gasteiger partial charge on any atom is 0.204 e. The van der Waals surface area contributed by atoms with E-state index in [1.54, 1.807) is 17.6 Å². The molecule has 0 bridgehead atoms. The number of nitrogens with one attached hydrogen (secondary N) is 1. The van der Waals surface area contributed by atoms with Gasteiger partial charge in [0, 0.05) is 5.56 Å². The highest BCUT2D eigenvalue weighted by atomic mass is 32.1. The minimum atomic E-state index is 0.635. The summed E-state index contributed by atoms with van der Waals surface area (Å²) in [5.41, 5.74) is 4.89. The number of benzene rings is 2. The van der Waals surface area contributed by atoms with Crippen molar-refractivity contribution in [3.8, 4) is 5.75 Å². The molecule has 0 fully saturated rings. The zero-order valence-electron chi connectivity index (χ0n) is 11.6. The van der Waals surface area contributed by atoms with Crippen LogP contribution in [0.25, 0.3) is 10.2 Å². The molecule has 0 aliphatic rings. The number of hydrogen-bond acceptors (Lipinski definition) is 5. The molecule has 4 nitrogen and oxygen atoms in total. The van der Waals surface area contributed by atoms with Gasteiger partial charge in [0.05, 0.1) is 23.0 Å². The predicted octanol–water partition coefficient (Wildman–Crippen LogP) is 4.14. The van der Waals surface area contributed by atoms with E-state index in [0.29, 0.717) is 6.61 Å². The Morgan fingerprint density at radius 3 is 2.86 bits per heavy atom. The summed E-state index contributed by atoms with van der Waals surface area (Å²) in [6.07, 6.45) is 1.75. The Kier molecular flexibility index (Phi) is 4.12. The number of para-hydroxylation sites is 2. The number of hydrogen-bond donors (Lipinski definition) is 1. The van der Waals surface area contributed by atoms with Crippen molar-refractivity contribution in [3.05, 3.63) is 54.1 Å². The van der Waals surface area contributed by atoms with Crippen molar-refractivity contribution < 1.29 is 4.74 Å². The summed E-state index contributed by atoms with van der Waals surface area (Å²) in [4.78, 5) is 4.47. The van der Waals surface area contributed by atoms with Crippen LogP contribution in [0.3, 0.4) is 0 Å². The van der Waals surface area contributed by atoms with Crippen molar-refractivity contribution >= 4 is 32.9 Å². The van der Waals surface area contributed by atoms with E-state index in [2.05, 4.69) is 15.5 Å². The van der Waals surface area contributed by atoms with Crippen LogP contribution in [0.1, 0.15) is 12.5 Å². The summed E-state index contributed by atoms with van der Waals surface area (Å²) in [7, 11) is 0. The van der Waals surface area contributed by atoms with Crippen molar-refractivity contribution in [2.45, 2.75) is 6.92 Å². The quantitative estimate of drug-likeness (QED) is 0.568. The first-order valence-electron chi connectivity index (χ1n) is 6.73. The Hall–Kier alpha value is -2.40. The van der Waals surface area contributed by atoms with Crippen molar-refractivity contribution in [2.75, 3.05) is 12.0 Å². The van der Waals surface area contributed by atoms with Gasteiger partial charge in [0.2, 0.25) is 5.13 Å². The second kappa shape index (κ2) is 6.37. The maximum atomic E-state index is 5.56. The third-order valence-electron chi connectivity index (χ3n) is 2.88. The van der Waals surface area contributed by atoms with Crippen LogP contribution in [0.4, 0.5) is 5.13 Å². The molecule has 3 aromatic rings. The zero-order chi connectivity index (χ0) is 14.5. The van der Waals surface area contributed by atoms with Gasteiger partial charge >= 0.3 is 0 Å². The van der Waals surface area contributed by atoms with Gasteiger partial charge in [-0.2, -0.15) is 5.10 Å². The molecule has 1 N–H and O–H groups in total. The van der Waals surface area contributed by atoms with E-state index in [0.717, 1.165) is 26.7 Å². The van der Waals surface area contributed by atoms with Gasteiger partial charge in [0.25, 0.3) is 0 Å². The van der Waals surface area contributed by atoms with Gasteiger partial charge in [-0.25, -0.2) is 4.98 Å². The summed E-state index contributed by atoms with van der Waals surface area (Å²) in [5, 5.41) is 5.02. The van der Waals surface area contributed by atoms with Gasteiger partial charge in [0.15, 0.2) is 0 Å². The molecular formula is C16H15N3OS. The number of hydrazone groups is 1. The molecule has 0 aliphatic carbocycles. The largest absolute Gasteiger partial charge is 0.493 e. The minimum absolute atomic E-state index is 0.635. The van der Waals surface area contributed by atoms with Crippen LogP contribution < -0.4 is 10.2 Å².